The summed E-state index contributed by atoms with van der Waals surface area (Å²) in [6.45, 7) is 12.9. The second-order valence-corrected chi connectivity index (χ2v) is 8.20. The Labute approximate surface area is 175 Å². The number of aryl methyl sites for hydroxylation is 2. The van der Waals surface area contributed by atoms with Gasteiger partial charge in [0.1, 0.15) is 0 Å². The van der Waals surface area contributed by atoms with Crippen molar-refractivity contribution in [3.63, 3.8) is 0 Å². The van der Waals surface area contributed by atoms with Gasteiger partial charge < -0.3 is 4.90 Å². The zero-order chi connectivity index (χ0) is 21.4. The molecule has 2 aromatic heterocycles. The van der Waals surface area contributed by atoms with E-state index in [4.69, 9.17) is 4.98 Å². The van der Waals surface area contributed by atoms with Crippen LogP contribution < -0.4 is 16.1 Å². The van der Waals surface area contributed by atoms with E-state index in [0.717, 1.165) is 55.4 Å². The molecule has 3 heterocycles. The largest absolute Gasteiger partial charge is 0.340 e. The van der Waals surface area contributed by atoms with Crippen molar-refractivity contribution in [3.8, 4) is 0 Å². The number of anilines is 1. The first-order valence-corrected chi connectivity index (χ1v) is 10.2. The summed E-state index contributed by atoms with van der Waals surface area (Å²) in [6.07, 6.45) is 0. The lowest BCUT2D eigenvalue weighted by Crippen LogP contribution is -2.47. The molecule has 0 aliphatic carbocycles. The van der Waals surface area contributed by atoms with Crippen LogP contribution in [-0.4, -0.2) is 56.7 Å². The number of nitrogens with one attached hydrogen (secondary N) is 1. The summed E-state index contributed by atoms with van der Waals surface area (Å²) < 4.78 is 3.35. The number of nitrogens with zero attached hydrogens (tertiary/aromatic N) is 5. The summed E-state index contributed by atoms with van der Waals surface area (Å²) in [5.74, 6) is 0.730. The van der Waals surface area contributed by atoms with Gasteiger partial charge in [0, 0.05) is 39.8 Å². The lowest BCUT2D eigenvalue weighted by atomic mass is 10.1. The molecule has 1 aliphatic heterocycles. The minimum atomic E-state index is -0.453. The Morgan fingerprint density at radius 2 is 1.93 bits per heavy atom. The zero-order valence-electron chi connectivity index (χ0n) is 17.8. The number of benzene rings is 1. The van der Waals surface area contributed by atoms with Crippen molar-refractivity contribution in [2.45, 2.75) is 20.4 Å². The lowest BCUT2D eigenvalue weighted by molar-refractivity contribution is 0.276. The minimum Gasteiger partial charge on any atom is -0.340 e. The summed E-state index contributed by atoms with van der Waals surface area (Å²) in [5.41, 5.74) is 3.38. The van der Waals surface area contributed by atoms with Gasteiger partial charge in [-0.05, 0) is 19.4 Å². The average Bonchev–Trinajstić information content (AvgIpc) is 3.06. The second kappa shape index (κ2) is 7.95. The fourth-order valence-electron chi connectivity index (χ4n) is 4.10. The molecule has 0 spiro atoms. The SMILES string of the molecule is C=C(C)CN1CCN(c2nc3c(c(=O)[nH]c(=O)n3C)n2Cc2cccc(C)c2)CC1. The van der Waals surface area contributed by atoms with E-state index in [1.165, 1.54) is 4.57 Å². The molecule has 0 saturated carbocycles. The predicted molar refractivity (Wildman–Crippen MR) is 119 cm³/mol. The van der Waals surface area contributed by atoms with E-state index in [2.05, 4.69) is 27.4 Å². The Morgan fingerprint density at radius 3 is 2.60 bits per heavy atom. The molecule has 0 amide bonds. The van der Waals surface area contributed by atoms with E-state index in [1.54, 1.807) is 7.05 Å². The van der Waals surface area contributed by atoms with Gasteiger partial charge in [-0.1, -0.05) is 42.0 Å². The average molecular weight is 409 g/mol. The van der Waals surface area contributed by atoms with Crippen molar-refractivity contribution in [2.75, 3.05) is 37.6 Å². The van der Waals surface area contributed by atoms with E-state index < -0.39 is 11.2 Å². The predicted octanol–water partition coefficient (Wildman–Crippen LogP) is 1.48. The van der Waals surface area contributed by atoms with E-state index >= 15 is 0 Å². The normalized spacial score (nSPS) is 15.1. The van der Waals surface area contributed by atoms with Gasteiger partial charge in [0.05, 0.1) is 6.54 Å². The number of rotatable bonds is 5. The second-order valence-electron chi connectivity index (χ2n) is 8.20. The maximum atomic E-state index is 12.7. The van der Waals surface area contributed by atoms with Crippen LogP contribution in [0.4, 0.5) is 5.95 Å². The maximum absolute atomic E-state index is 12.7. The smallest absolute Gasteiger partial charge is 0.329 e. The van der Waals surface area contributed by atoms with E-state index in [-0.39, 0.29) is 0 Å². The third-order valence-electron chi connectivity index (χ3n) is 5.56. The first-order chi connectivity index (χ1) is 14.3. The van der Waals surface area contributed by atoms with Crippen LogP contribution in [0.3, 0.4) is 0 Å². The van der Waals surface area contributed by atoms with Crippen LogP contribution in [0, 0.1) is 6.92 Å². The Hall–Kier alpha value is -3.13. The Bertz CT molecular complexity index is 1210. The summed E-state index contributed by atoms with van der Waals surface area (Å²) in [5, 5.41) is 0. The Balaban J connectivity index is 1.78. The number of fused-ring (bicyclic) bond motifs is 1. The molecule has 4 rings (SSSR count). The van der Waals surface area contributed by atoms with Crippen molar-refractivity contribution in [2.24, 2.45) is 7.05 Å². The number of hydrogen-bond donors (Lipinski definition) is 1. The number of imidazole rings is 1. The molecule has 30 heavy (non-hydrogen) atoms. The summed E-state index contributed by atoms with van der Waals surface area (Å²) in [7, 11) is 1.64. The fourth-order valence-corrected chi connectivity index (χ4v) is 4.10. The van der Waals surface area contributed by atoms with Gasteiger partial charge in [-0.25, -0.2) is 4.79 Å². The molecular weight excluding hydrogens is 380 g/mol. The summed E-state index contributed by atoms with van der Waals surface area (Å²) >= 11 is 0. The van der Waals surface area contributed by atoms with Crippen molar-refractivity contribution in [1.82, 2.24) is 24.0 Å². The van der Waals surface area contributed by atoms with Gasteiger partial charge in [0.2, 0.25) is 5.95 Å². The molecule has 8 heteroatoms. The molecule has 1 aromatic carbocycles. The van der Waals surface area contributed by atoms with Crippen molar-refractivity contribution < 1.29 is 0 Å². The van der Waals surface area contributed by atoms with Crippen molar-refractivity contribution in [3.05, 3.63) is 68.4 Å². The fraction of sp³-hybridized carbons (Fsp3) is 0.409. The molecule has 0 unspecified atom stereocenters. The molecule has 1 aliphatic rings. The van der Waals surface area contributed by atoms with Gasteiger partial charge in [0.25, 0.3) is 5.56 Å². The monoisotopic (exact) mass is 408 g/mol. The summed E-state index contributed by atoms with van der Waals surface area (Å²) in [4.78, 5) is 36.6. The van der Waals surface area contributed by atoms with E-state index in [1.807, 2.05) is 36.6 Å². The van der Waals surface area contributed by atoms with Gasteiger partial charge in [-0.15, -0.1) is 0 Å². The van der Waals surface area contributed by atoms with Crippen LogP contribution in [0.15, 0.2) is 46.0 Å². The quantitative estimate of drug-likeness (QED) is 0.647. The highest BCUT2D eigenvalue weighted by molar-refractivity contribution is 5.74. The third-order valence-corrected chi connectivity index (χ3v) is 5.56. The first-order valence-electron chi connectivity index (χ1n) is 10.2. The molecule has 1 fully saturated rings. The van der Waals surface area contributed by atoms with Crippen LogP contribution in [0.25, 0.3) is 11.2 Å². The van der Waals surface area contributed by atoms with E-state index in [0.29, 0.717) is 17.7 Å². The summed E-state index contributed by atoms with van der Waals surface area (Å²) in [6, 6.07) is 8.22. The standard InChI is InChI=1S/C22H28N6O2/c1-15(2)13-26-8-10-27(11-9-26)21-23-19-18(20(29)24-22(30)25(19)4)28(21)14-17-7-5-6-16(3)12-17/h5-7,12H,1,8-11,13-14H2,2-4H3,(H,24,29,30). The number of piperazine rings is 1. The molecule has 3 aromatic rings. The highest BCUT2D eigenvalue weighted by atomic mass is 16.2. The van der Waals surface area contributed by atoms with E-state index in [9.17, 15) is 9.59 Å². The van der Waals surface area contributed by atoms with Crippen molar-refractivity contribution >= 4 is 17.1 Å². The number of aromatic amines is 1. The van der Waals surface area contributed by atoms with Gasteiger partial charge in [0.15, 0.2) is 11.2 Å². The van der Waals surface area contributed by atoms with Gasteiger partial charge in [-0.3, -0.25) is 23.8 Å². The lowest BCUT2D eigenvalue weighted by Gasteiger charge is -2.35. The van der Waals surface area contributed by atoms with Crippen LogP contribution in [-0.2, 0) is 13.6 Å². The highest BCUT2D eigenvalue weighted by Crippen LogP contribution is 2.23. The third kappa shape index (κ3) is 3.82. The maximum Gasteiger partial charge on any atom is 0.329 e. The molecule has 0 atom stereocenters. The molecule has 0 bridgehead atoms. The van der Waals surface area contributed by atoms with Crippen LogP contribution in [0.5, 0.6) is 0 Å². The number of hydrogen-bond acceptors (Lipinski definition) is 5. The minimum absolute atomic E-state index is 0.402. The molecule has 1 saturated heterocycles. The molecule has 0 radical (unpaired) electrons. The molecule has 8 nitrogen and oxygen atoms in total. The van der Waals surface area contributed by atoms with Gasteiger partial charge >= 0.3 is 5.69 Å². The zero-order valence-corrected chi connectivity index (χ0v) is 17.8. The number of H-pyrrole nitrogens is 1. The highest BCUT2D eigenvalue weighted by Gasteiger charge is 2.25. The van der Waals surface area contributed by atoms with Crippen LogP contribution in [0.1, 0.15) is 18.1 Å². The van der Waals surface area contributed by atoms with Gasteiger partial charge in [-0.2, -0.15) is 4.98 Å². The molecular formula is C22H28N6O2. The number of aromatic nitrogens is 4. The Kier molecular flexibility index (Phi) is 5.34. The van der Waals surface area contributed by atoms with Crippen LogP contribution in [0.2, 0.25) is 0 Å². The topological polar surface area (TPSA) is 79.2 Å². The Morgan fingerprint density at radius 1 is 1.20 bits per heavy atom. The molecule has 158 valence electrons. The van der Waals surface area contributed by atoms with Crippen molar-refractivity contribution in [1.29, 1.82) is 0 Å². The molecule has 1 N–H and O–H groups in total. The van der Waals surface area contributed by atoms with Crippen LogP contribution >= 0.6 is 0 Å². The first kappa shape index (κ1) is 20.2.